The summed E-state index contributed by atoms with van der Waals surface area (Å²) in [5.41, 5.74) is 1.85. The molecule has 1 amide bonds. The van der Waals surface area contributed by atoms with Crippen LogP contribution in [0, 0.1) is 25.2 Å². The molecule has 8 heteroatoms. The van der Waals surface area contributed by atoms with Gasteiger partial charge in [0.05, 0.1) is 6.54 Å². The lowest BCUT2D eigenvalue weighted by Gasteiger charge is -2.10. The van der Waals surface area contributed by atoms with E-state index in [0.717, 1.165) is 5.56 Å². The van der Waals surface area contributed by atoms with Crippen molar-refractivity contribution in [2.24, 2.45) is 0 Å². The highest BCUT2D eigenvalue weighted by Gasteiger charge is 2.13. The van der Waals surface area contributed by atoms with Crippen molar-refractivity contribution < 1.29 is 4.79 Å². The molecule has 2 heterocycles. The zero-order chi connectivity index (χ0) is 16.1. The zero-order valence-electron chi connectivity index (χ0n) is 12.4. The van der Waals surface area contributed by atoms with Gasteiger partial charge in [0, 0.05) is 12.1 Å². The van der Waals surface area contributed by atoms with Crippen molar-refractivity contribution in [3.63, 3.8) is 0 Å². The molecule has 0 atom stereocenters. The molecule has 0 aliphatic heterocycles. The summed E-state index contributed by atoms with van der Waals surface area (Å²) >= 11 is 0. The van der Waals surface area contributed by atoms with Gasteiger partial charge in [-0.25, -0.2) is 4.98 Å². The van der Waals surface area contributed by atoms with E-state index in [4.69, 9.17) is 5.26 Å². The Labute approximate surface area is 126 Å². The average molecular weight is 300 g/mol. The third-order valence-electron chi connectivity index (χ3n) is 3.44. The van der Waals surface area contributed by atoms with Gasteiger partial charge in [0.2, 0.25) is 5.91 Å². The highest BCUT2D eigenvalue weighted by molar-refractivity contribution is 5.76. The minimum absolute atomic E-state index is 0.0997. The summed E-state index contributed by atoms with van der Waals surface area (Å²) in [4.78, 5) is 30.0. The van der Waals surface area contributed by atoms with Crippen molar-refractivity contribution in [1.29, 1.82) is 5.26 Å². The van der Waals surface area contributed by atoms with Crippen LogP contribution >= 0.6 is 0 Å². The highest BCUT2D eigenvalue weighted by Crippen LogP contribution is 2.14. The Balaban J connectivity index is 2.01. The van der Waals surface area contributed by atoms with Crippen LogP contribution in [0.1, 0.15) is 34.6 Å². The number of nitrogens with one attached hydrogen (secondary N) is 3. The van der Waals surface area contributed by atoms with Gasteiger partial charge in [0.1, 0.15) is 23.8 Å². The summed E-state index contributed by atoms with van der Waals surface area (Å²) in [5, 5.41) is 18.1. The van der Waals surface area contributed by atoms with Crippen molar-refractivity contribution in [3.05, 3.63) is 44.9 Å². The Bertz CT molecular complexity index is 770. The van der Waals surface area contributed by atoms with Crippen LogP contribution in [0.15, 0.2) is 11.1 Å². The number of rotatable bonds is 5. The number of aromatic amines is 2. The van der Waals surface area contributed by atoms with Gasteiger partial charge in [0.25, 0.3) is 5.56 Å². The van der Waals surface area contributed by atoms with E-state index in [0.29, 0.717) is 23.5 Å². The van der Waals surface area contributed by atoms with Crippen LogP contribution in [0.3, 0.4) is 0 Å². The first kappa shape index (κ1) is 15.4. The van der Waals surface area contributed by atoms with Crippen LogP contribution in [0.2, 0.25) is 0 Å². The van der Waals surface area contributed by atoms with Gasteiger partial charge in [0.15, 0.2) is 0 Å². The van der Waals surface area contributed by atoms with E-state index in [1.54, 1.807) is 13.8 Å². The Morgan fingerprint density at radius 2 is 2.23 bits per heavy atom. The number of pyridine rings is 1. The summed E-state index contributed by atoms with van der Waals surface area (Å²) in [7, 11) is 0. The van der Waals surface area contributed by atoms with Gasteiger partial charge in [-0.2, -0.15) is 10.4 Å². The molecule has 2 rings (SSSR count). The zero-order valence-corrected chi connectivity index (χ0v) is 12.4. The molecule has 0 fully saturated rings. The lowest BCUT2D eigenvalue weighted by Crippen LogP contribution is -2.24. The number of nitriles is 1. The van der Waals surface area contributed by atoms with Crippen molar-refractivity contribution >= 4 is 5.91 Å². The van der Waals surface area contributed by atoms with Crippen molar-refractivity contribution in [3.8, 4) is 6.07 Å². The second-order valence-electron chi connectivity index (χ2n) is 4.88. The van der Waals surface area contributed by atoms with Gasteiger partial charge in [-0.1, -0.05) is 0 Å². The number of aromatic nitrogens is 4. The van der Waals surface area contributed by atoms with Crippen molar-refractivity contribution in [2.45, 2.75) is 33.2 Å². The third-order valence-corrected chi connectivity index (χ3v) is 3.44. The Morgan fingerprint density at radius 1 is 1.45 bits per heavy atom. The normalized spacial score (nSPS) is 10.2. The Kier molecular flexibility index (Phi) is 4.68. The number of carbonyl (C=O) groups excluding carboxylic acids is 1. The molecule has 22 heavy (non-hydrogen) atoms. The molecule has 0 aromatic carbocycles. The molecule has 0 bridgehead atoms. The maximum atomic E-state index is 11.8. The summed E-state index contributed by atoms with van der Waals surface area (Å²) in [6.07, 6.45) is 2.08. The summed E-state index contributed by atoms with van der Waals surface area (Å²) < 4.78 is 0. The highest BCUT2D eigenvalue weighted by atomic mass is 16.1. The van der Waals surface area contributed by atoms with E-state index in [9.17, 15) is 9.59 Å². The molecule has 3 N–H and O–H groups in total. The van der Waals surface area contributed by atoms with E-state index < -0.39 is 5.56 Å². The van der Waals surface area contributed by atoms with Crippen LogP contribution in [0.25, 0.3) is 0 Å². The summed E-state index contributed by atoms with van der Waals surface area (Å²) in [5.74, 6) is 0.441. The number of H-pyrrole nitrogens is 2. The molecule has 8 nitrogen and oxygen atoms in total. The molecule has 0 saturated carbocycles. The smallest absolute Gasteiger partial charge is 0.266 e. The Hall–Kier alpha value is -2.95. The SMILES string of the molecule is Cc1[nH]c(=O)c(C#N)c(C)c1CCC(=O)NCc1ncn[nH]1. The van der Waals surface area contributed by atoms with E-state index in [2.05, 4.69) is 25.5 Å². The monoisotopic (exact) mass is 300 g/mol. The predicted molar refractivity (Wildman–Crippen MR) is 77.8 cm³/mol. The minimum atomic E-state index is -0.393. The molecule has 2 aromatic heterocycles. The molecular weight excluding hydrogens is 284 g/mol. The molecule has 2 aromatic rings. The molecule has 0 aliphatic rings. The summed E-state index contributed by atoms with van der Waals surface area (Å²) in [6, 6.07) is 1.90. The van der Waals surface area contributed by atoms with Gasteiger partial charge in [-0.05, 0) is 31.4 Å². The van der Waals surface area contributed by atoms with Crippen LogP contribution in [-0.2, 0) is 17.8 Å². The van der Waals surface area contributed by atoms with Crippen LogP contribution in [0.4, 0.5) is 0 Å². The van der Waals surface area contributed by atoms with E-state index in [1.807, 2.05) is 6.07 Å². The lowest BCUT2D eigenvalue weighted by molar-refractivity contribution is -0.121. The van der Waals surface area contributed by atoms with Gasteiger partial charge in [-0.15, -0.1) is 0 Å². The molecule has 0 aliphatic carbocycles. The maximum absolute atomic E-state index is 11.8. The fourth-order valence-electron chi connectivity index (χ4n) is 2.25. The topological polar surface area (TPSA) is 127 Å². The van der Waals surface area contributed by atoms with E-state index in [1.165, 1.54) is 6.33 Å². The number of hydrogen-bond donors (Lipinski definition) is 3. The fourth-order valence-corrected chi connectivity index (χ4v) is 2.25. The van der Waals surface area contributed by atoms with Crippen molar-refractivity contribution in [1.82, 2.24) is 25.5 Å². The van der Waals surface area contributed by atoms with Gasteiger partial charge >= 0.3 is 0 Å². The molecule has 0 unspecified atom stereocenters. The largest absolute Gasteiger partial charge is 0.349 e. The number of nitrogens with zero attached hydrogens (tertiary/aromatic N) is 3. The van der Waals surface area contributed by atoms with E-state index in [-0.39, 0.29) is 24.4 Å². The first-order valence-electron chi connectivity index (χ1n) is 6.76. The first-order chi connectivity index (χ1) is 10.5. The number of amides is 1. The van der Waals surface area contributed by atoms with Crippen LogP contribution < -0.4 is 10.9 Å². The number of carbonyl (C=O) groups is 1. The number of aryl methyl sites for hydroxylation is 1. The van der Waals surface area contributed by atoms with Crippen LogP contribution in [0.5, 0.6) is 0 Å². The lowest BCUT2D eigenvalue weighted by atomic mass is 9.99. The van der Waals surface area contributed by atoms with Crippen molar-refractivity contribution in [2.75, 3.05) is 0 Å². The first-order valence-corrected chi connectivity index (χ1v) is 6.76. The molecular formula is C14H16N6O2. The quantitative estimate of drug-likeness (QED) is 0.728. The van der Waals surface area contributed by atoms with Gasteiger partial charge in [-0.3, -0.25) is 14.7 Å². The standard InChI is InChI=1S/C14H16N6O2/c1-8-10(9(2)19-14(22)11(8)5-15)3-4-13(21)16-6-12-17-7-18-20-12/h7H,3-4,6H2,1-2H3,(H,16,21)(H,19,22)(H,17,18,20). The minimum Gasteiger partial charge on any atom is -0.349 e. The van der Waals surface area contributed by atoms with E-state index >= 15 is 0 Å². The van der Waals surface area contributed by atoms with Crippen LogP contribution in [-0.4, -0.2) is 26.1 Å². The molecule has 114 valence electrons. The summed E-state index contributed by atoms with van der Waals surface area (Å²) in [6.45, 7) is 3.77. The maximum Gasteiger partial charge on any atom is 0.266 e. The fraction of sp³-hybridized carbons (Fsp3) is 0.357. The predicted octanol–water partition coefficient (Wildman–Crippen LogP) is 0.231. The molecule has 0 saturated heterocycles. The average Bonchev–Trinajstić information content (AvgIpc) is 2.98. The Morgan fingerprint density at radius 3 is 2.86 bits per heavy atom. The second-order valence-corrected chi connectivity index (χ2v) is 4.88. The van der Waals surface area contributed by atoms with Gasteiger partial charge < -0.3 is 10.3 Å². The number of hydrogen-bond acceptors (Lipinski definition) is 5. The molecule has 0 spiro atoms. The molecule has 0 radical (unpaired) electrons. The second kappa shape index (κ2) is 6.67. The third kappa shape index (κ3) is 3.38.